The van der Waals surface area contributed by atoms with E-state index in [2.05, 4.69) is 26.1 Å². The molecule has 0 fully saturated rings. The molecule has 1 amide bonds. The van der Waals surface area contributed by atoms with E-state index in [-0.39, 0.29) is 16.9 Å². The van der Waals surface area contributed by atoms with Crippen molar-refractivity contribution in [2.75, 3.05) is 0 Å². The number of carbonyl (C=O) groups is 1. The van der Waals surface area contributed by atoms with Crippen molar-refractivity contribution in [1.29, 1.82) is 0 Å². The second-order valence-corrected chi connectivity index (χ2v) is 8.02. The first-order valence-electron chi connectivity index (χ1n) is 7.77. The molecule has 0 radical (unpaired) electrons. The summed E-state index contributed by atoms with van der Waals surface area (Å²) in [5.41, 5.74) is -0.132. The molecule has 1 N–H and O–H groups in total. The van der Waals surface area contributed by atoms with Crippen LogP contribution in [-0.2, 0) is 4.79 Å². The van der Waals surface area contributed by atoms with E-state index in [9.17, 15) is 4.79 Å². The predicted octanol–water partition coefficient (Wildman–Crippen LogP) is 4.83. The first kappa shape index (κ1) is 18.8. The molecule has 124 valence electrons. The summed E-state index contributed by atoms with van der Waals surface area (Å²) in [5.74, 6) is 0.528. The van der Waals surface area contributed by atoms with Gasteiger partial charge in [-0.15, -0.1) is 0 Å². The average molecular weight is 326 g/mol. The Labute approximate surface area is 139 Å². The lowest BCUT2D eigenvalue weighted by Gasteiger charge is -2.34. The number of ether oxygens (including phenoxy) is 1. The fraction of sp³-hybridized carbons (Fsp3) is 0.611. The zero-order valence-electron chi connectivity index (χ0n) is 14.5. The van der Waals surface area contributed by atoms with Gasteiger partial charge in [0.05, 0.1) is 0 Å². The zero-order valence-corrected chi connectivity index (χ0v) is 15.3. The molecule has 0 heterocycles. The summed E-state index contributed by atoms with van der Waals surface area (Å²) >= 11 is 5.95. The van der Waals surface area contributed by atoms with Crippen LogP contribution in [0.15, 0.2) is 24.3 Å². The van der Waals surface area contributed by atoms with Crippen LogP contribution in [0.2, 0.25) is 5.02 Å². The summed E-state index contributed by atoms with van der Waals surface area (Å²) < 4.78 is 5.79. The van der Waals surface area contributed by atoms with Crippen LogP contribution >= 0.6 is 11.6 Å². The Morgan fingerprint density at radius 3 is 2.41 bits per heavy atom. The first-order chi connectivity index (χ1) is 10.0. The Morgan fingerprint density at radius 2 is 1.91 bits per heavy atom. The SMILES string of the molecule is CC[C@H](Oc1cccc(Cl)c1)C(=O)NC(C)(C)CC(C)(C)C. The van der Waals surface area contributed by atoms with Gasteiger partial charge in [-0.2, -0.15) is 0 Å². The number of nitrogens with one attached hydrogen (secondary N) is 1. The molecule has 0 spiro atoms. The third-order valence-electron chi connectivity index (χ3n) is 3.17. The molecular weight excluding hydrogens is 298 g/mol. The Morgan fingerprint density at radius 1 is 1.27 bits per heavy atom. The molecule has 0 saturated heterocycles. The molecule has 0 bridgehead atoms. The number of hydrogen-bond acceptors (Lipinski definition) is 2. The van der Waals surface area contributed by atoms with Crippen LogP contribution in [0.1, 0.15) is 54.4 Å². The molecule has 1 aromatic rings. The minimum Gasteiger partial charge on any atom is -0.481 e. The van der Waals surface area contributed by atoms with E-state index >= 15 is 0 Å². The van der Waals surface area contributed by atoms with Crippen molar-refractivity contribution in [1.82, 2.24) is 5.32 Å². The molecular formula is C18H28ClNO2. The molecule has 0 aliphatic heterocycles. The normalized spacial score (nSPS) is 13.6. The summed E-state index contributed by atoms with van der Waals surface area (Å²) in [5, 5.41) is 3.70. The number of hydrogen-bond donors (Lipinski definition) is 1. The lowest BCUT2D eigenvalue weighted by molar-refractivity contribution is -0.130. The van der Waals surface area contributed by atoms with Crippen LogP contribution in [0.4, 0.5) is 0 Å². The summed E-state index contributed by atoms with van der Waals surface area (Å²) in [6.07, 6.45) is 0.973. The van der Waals surface area contributed by atoms with E-state index in [4.69, 9.17) is 16.3 Å². The maximum Gasteiger partial charge on any atom is 0.261 e. The van der Waals surface area contributed by atoms with E-state index in [0.717, 1.165) is 6.42 Å². The minimum atomic E-state index is -0.516. The van der Waals surface area contributed by atoms with E-state index in [1.165, 1.54) is 0 Å². The minimum absolute atomic E-state index is 0.0864. The summed E-state index contributed by atoms with van der Waals surface area (Å²) in [6.45, 7) is 12.5. The summed E-state index contributed by atoms with van der Waals surface area (Å²) in [7, 11) is 0. The largest absolute Gasteiger partial charge is 0.481 e. The topological polar surface area (TPSA) is 38.3 Å². The molecule has 3 nitrogen and oxygen atoms in total. The molecule has 0 unspecified atom stereocenters. The van der Waals surface area contributed by atoms with Crippen molar-refractivity contribution in [3.05, 3.63) is 29.3 Å². The second kappa shape index (κ2) is 7.36. The Kier molecular flexibility index (Phi) is 6.30. The standard InChI is InChI=1S/C18H28ClNO2/c1-7-15(22-14-10-8-9-13(19)11-14)16(21)20-18(5,6)12-17(2,3)4/h8-11,15H,7,12H2,1-6H3,(H,20,21)/t15-/m0/s1. The van der Waals surface area contributed by atoms with Crippen LogP contribution in [0, 0.1) is 5.41 Å². The number of carbonyl (C=O) groups excluding carboxylic acids is 1. The molecule has 0 aromatic heterocycles. The molecule has 4 heteroatoms. The highest BCUT2D eigenvalue weighted by molar-refractivity contribution is 6.30. The third kappa shape index (κ3) is 6.69. The van der Waals surface area contributed by atoms with Gasteiger partial charge in [-0.25, -0.2) is 0 Å². The highest BCUT2D eigenvalue weighted by Gasteiger charge is 2.30. The predicted molar refractivity (Wildman–Crippen MR) is 92.5 cm³/mol. The van der Waals surface area contributed by atoms with Gasteiger partial charge in [0, 0.05) is 10.6 Å². The lowest BCUT2D eigenvalue weighted by atomic mass is 9.81. The van der Waals surface area contributed by atoms with Crippen molar-refractivity contribution in [3.63, 3.8) is 0 Å². The monoisotopic (exact) mass is 325 g/mol. The van der Waals surface area contributed by atoms with Crippen molar-refractivity contribution < 1.29 is 9.53 Å². The fourth-order valence-electron chi connectivity index (χ4n) is 2.81. The van der Waals surface area contributed by atoms with Gasteiger partial charge in [-0.1, -0.05) is 45.4 Å². The maximum atomic E-state index is 12.5. The summed E-state index contributed by atoms with van der Waals surface area (Å²) in [6, 6.07) is 7.12. The van der Waals surface area contributed by atoms with Crippen LogP contribution in [-0.4, -0.2) is 17.6 Å². The van der Waals surface area contributed by atoms with Gasteiger partial charge in [0.15, 0.2) is 6.10 Å². The van der Waals surface area contributed by atoms with E-state index in [0.29, 0.717) is 17.2 Å². The molecule has 22 heavy (non-hydrogen) atoms. The number of rotatable bonds is 6. The number of benzene rings is 1. The quantitative estimate of drug-likeness (QED) is 0.813. The van der Waals surface area contributed by atoms with Crippen LogP contribution < -0.4 is 10.1 Å². The summed E-state index contributed by atoms with van der Waals surface area (Å²) in [4.78, 5) is 12.5. The highest BCUT2D eigenvalue weighted by atomic mass is 35.5. The van der Waals surface area contributed by atoms with E-state index in [1.54, 1.807) is 12.1 Å². The van der Waals surface area contributed by atoms with Gasteiger partial charge in [-0.05, 0) is 50.3 Å². The van der Waals surface area contributed by atoms with Gasteiger partial charge >= 0.3 is 0 Å². The number of halogens is 1. The van der Waals surface area contributed by atoms with Crippen molar-refractivity contribution >= 4 is 17.5 Å². The third-order valence-corrected chi connectivity index (χ3v) is 3.41. The average Bonchev–Trinajstić information content (AvgIpc) is 2.32. The van der Waals surface area contributed by atoms with Gasteiger partial charge in [0.25, 0.3) is 5.91 Å². The van der Waals surface area contributed by atoms with E-state index < -0.39 is 6.10 Å². The molecule has 0 aliphatic rings. The number of amides is 1. The molecule has 1 rings (SSSR count). The molecule has 0 aliphatic carbocycles. The lowest BCUT2D eigenvalue weighted by Crippen LogP contribution is -2.50. The van der Waals surface area contributed by atoms with Gasteiger partial charge < -0.3 is 10.1 Å². The molecule has 1 atom stereocenters. The molecule has 0 saturated carbocycles. The van der Waals surface area contributed by atoms with Crippen molar-refractivity contribution in [3.8, 4) is 5.75 Å². The Balaban J connectivity index is 2.72. The van der Waals surface area contributed by atoms with E-state index in [1.807, 2.05) is 32.9 Å². The van der Waals surface area contributed by atoms with Crippen molar-refractivity contribution in [2.24, 2.45) is 5.41 Å². The Bertz CT molecular complexity index is 506. The maximum absolute atomic E-state index is 12.5. The zero-order chi connectivity index (χ0) is 17.0. The van der Waals surface area contributed by atoms with Crippen LogP contribution in [0.25, 0.3) is 0 Å². The van der Waals surface area contributed by atoms with Gasteiger partial charge in [-0.3, -0.25) is 4.79 Å². The van der Waals surface area contributed by atoms with Crippen LogP contribution in [0.3, 0.4) is 0 Å². The first-order valence-corrected chi connectivity index (χ1v) is 8.14. The van der Waals surface area contributed by atoms with Crippen molar-refractivity contribution in [2.45, 2.75) is 66.0 Å². The fourth-order valence-corrected chi connectivity index (χ4v) is 2.99. The molecule has 1 aromatic carbocycles. The Hall–Kier alpha value is -1.22. The smallest absolute Gasteiger partial charge is 0.261 e. The van der Waals surface area contributed by atoms with Gasteiger partial charge in [0.2, 0.25) is 0 Å². The second-order valence-electron chi connectivity index (χ2n) is 7.58. The highest BCUT2D eigenvalue weighted by Crippen LogP contribution is 2.27. The van der Waals surface area contributed by atoms with Crippen LogP contribution in [0.5, 0.6) is 5.75 Å². The van der Waals surface area contributed by atoms with Gasteiger partial charge in [0.1, 0.15) is 5.75 Å².